The van der Waals surface area contributed by atoms with Crippen LogP contribution in [0.1, 0.15) is 5.56 Å². The number of halogens is 1. The summed E-state index contributed by atoms with van der Waals surface area (Å²) in [6.45, 7) is 0. The van der Waals surface area contributed by atoms with E-state index in [1.54, 1.807) is 24.3 Å². The molecule has 5 nitrogen and oxygen atoms in total. The third-order valence-corrected chi connectivity index (χ3v) is 4.20. The van der Waals surface area contributed by atoms with Crippen LogP contribution in [0.5, 0.6) is 0 Å². The smallest absolute Gasteiger partial charge is 0.312 e. The highest BCUT2D eigenvalue weighted by Crippen LogP contribution is 2.44. The number of rotatable bonds is 3. The van der Waals surface area contributed by atoms with Gasteiger partial charge >= 0.3 is 5.97 Å². The Morgan fingerprint density at radius 3 is 2.53 bits per heavy atom. The highest BCUT2D eigenvalue weighted by molar-refractivity contribution is 9.09. The lowest BCUT2D eigenvalue weighted by Crippen LogP contribution is -2.34. The SMILES string of the molecule is O=C(O)C1C=C([N+](=O)[O-])C=CC1(Br)c1ccccc1. The molecule has 1 aromatic carbocycles. The molecule has 0 amide bonds. The second kappa shape index (κ2) is 4.97. The molecule has 0 radical (unpaired) electrons. The summed E-state index contributed by atoms with van der Waals surface area (Å²) in [7, 11) is 0. The van der Waals surface area contributed by atoms with Gasteiger partial charge in [0.05, 0.1) is 9.25 Å². The van der Waals surface area contributed by atoms with Crippen molar-refractivity contribution in [1.29, 1.82) is 0 Å². The molecule has 0 spiro atoms. The largest absolute Gasteiger partial charge is 0.481 e. The average molecular weight is 324 g/mol. The topological polar surface area (TPSA) is 80.4 Å². The number of allylic oxidation sites excluding steroid dienone is 2. The van der Waals surface area contributed by atoms with E-state index < -0.39 is 21.1 Å². The van der Waals surface area contributed by atoms with E-state index in [0.717, 1.165) is 11.6 Å². The molecule has 0 aliphatic heterocycles. The summed E-state index contributed by atoms with van der Waals surface area (Å²) in [5.74, 6) is -2.16. The Kier molecular flexibility index (Phi) is 3.53. The summed E-state index contributed by atoms with van der Waals surface area (Å²) < 4.78 is -0.973. The van der Waals surface area contributed by atoms with E-state index in [1.807, 2.05) is 6.07 Å². The van der Waals surface area contributed by atoms with Crippen molar-refractivity contribution in [1.82, 2.24) is 0 Å². The Bertz CT molecular complexity index is 582. The average Bonchev–Trinajstić information content (AvgIpc) is 2.39. The number of carboxylic acid groups (broad SMARTS) is 1. The molecule has 0 bridgehead atoms. The molecule has 0 heterocycles. The van der Waals surface area contributed by atoms with Crippen molar-refractivity contribution in [2.45, 2.75) is 4.32 Å². The minimum Gasteiger partial charge on any atom is -0.481 e. The summed E-state index contributed by atoms with van der Waals surface area (Å²) in [6.07, 6.45) is 3.99. The maximum absolute atomic E-state index is 11.4. The van der Waals surface area contributed by atoms with Gasteiger partial charge in [-0.05, 0) is 5.56 Å². The first-order valence-electron chi connectivity index (χ1n) is 5.48. The zero-order valence-electron chi connectivity index (χ0n) is 9.69. The highest BCUT2D eigenvalue weighted by atomic mass is 79.9. The highest BCUT2D eigenvalue weighted by Gasteiger charge is 2.43. The molecule has 98 valence electrons. The van der Waals surface area contributed by atoms with Gasteiger partial charge in [0.25, 0.3) is 5.70 Å². The third kappa shape index (κ3) is 2.44. The molecule has 0 fully saturated rings. The number of nitrogens with zero attached hydrogens (tertiary/aromatic N) is 1. The Labute approximate surface area is 117 Å². The Hall–Kier alpha value is -1.95. The number of carbonyl (C=O) groups is 1. The molecule has 0 aromatic heterocycles. The maximum atomic E-state index is 11.4. The molecule has 1 N–H and O–H groups in total. The molecule has 0 saturated heterocycles. The quantitative estimate of drug-likeness (QED) is 0.527. The van der Waals surface area contributed by atoms with Crippen LogP contribution in [0.4, 0.5) is 0 Å². The van der Waals surface area contributed by atoms with E-state index in [2.05, 4.69) is 15.9 Å². The third-order valence-electron chi connectivity index (χ3n) is 2.98. The Balaban J connectivity index is 2.50. The number of hydrogen-bond acceptors (Lipinski definition) is 3. The van der Waals surface area contributed by atoms with Gasteiger partial charge in [-0.15, -0.1) is 0 Å². The van der Waals surface area contributed by atoms with Crippen LogP contribution in [0.3, 0.4) is 0 Å². The van der Waals surface area contributed by atoms with Gasteiger partial charge in [0.2, 0.25) is 0 Å². The first-order chi connectivity index (χ1) is 8.95. The van der Waals surface area contributed by atoms with Crippen LogP contribution < -0.4 is 0 Å². The van der Waals surface area contributed by atoms with Crippen molar-refractivity contribution in [3.05, 3.63) is 69.9 Å². The number of nitro groups is 1. The van der Waals surface area contributed by atoms with E-state index in [9.17, 15) is 20.0 Å². The molecule has 2 rings (SSSR count). The predicted octanol–water partition coefficient (Wildman–Crippen LogP) is 2.71. The second-order valence-corrected chi connectivity index (χ2v) is 5.44. The van der Waals surface area contributed by atoms with E-state index >= 15 is 0 Å². The first-order valence-corrected chi connectivity index (χ1v) is 6.27. The van der Waals surface area contributed by atoms with Crippen LogP contribution in [-0.2, 0) is 9.12 Å². The zero-order chi connectivity index (χ0) is 14.0. The van der Waals surface area contributed by atoms with E-state index in [1.165, 1.54) is 12.2 Å². The number of alkyl halides is 1. The van der Waals surface area contributed by atoms with Crippen molar-refractivity contribution in [3.63, 3.8) is 0 Å². The lowest BCUT2D eigenvalue weighted by atomic mass is 9.82. The first kappa shape index (κ1) is 13.5. The number of benzene rings is 1. The number of carboxylic acids is 1. The number of hydrogen-bond donors (Lipinski definition) is 1. The van der Waals surface area contributed by atoms with Crippen molar-refractivity contribution < 1.29 is 14.8 Å². The zero-order valence-corrected chi connectivity index (χ0v) is 11.3. The van der Waals surface area contributed by atoms with Crippen LogP contribution >= 0.6 is 15.9 Å². The van der Waals surface area contributed by atoms with E-state index in [0.29, 0.717) is 0 Å². The van der Waals surface area contributed by atoms with Crippen LogP contribution in [0.2, 0.25) is 0 Å². The lowest BCUT2D eigenvalue weighted by Gasteiger charge is -2.30. The van der Waals surface area contributed by atoms with E-state index in [-0.39, 0.29) is 5.70 Å². The van der Waals surface area contributed by atoms with Crippen molar-refractivity contribution in [2.75, 3.05) is 0 Å². The predicted molar refractivity (Wildman–Crippen MR) is 72.4 cm³/mol. The minimum atomic E-state index is -1.12. The van der Waals surface area contributed by atoms with Crippen molar-refractivity contribution >= 4 is 21.9 Å². The molecule has 1 aromatic rings. The summed E-state index contributed by atoms with van der Waals surface area (Å²) in [5, 5.41) is 20.1. The molecule has 1 aliphatic carbocycles. The molecular formula is C13H10BrNO4. The summed E-state index contributed by atoms with van der Waals surface area (Å²) in [4.78, 5) is 21.5. The van der Waals surface area contributed by atoms with Gasteiger partial charge < -0.3 is 5.11 Å². The Morgan fingerprint density at radius 2 is 2.00 bits per heavy atom. The van der Waals surface area contributed by atoms with Crippen molar-refractivity contribution in [2.24, 2.45) is 5.92 Å². The second-order valence-electron chi connectivity index (χ2n) is 4.13. The summed E-state index contributed by atoms with van der Waals surface area (Å²) in [5.41, 5.74) is 0.524. The maximum Gasteiger partial charge on any atom is 0.312 e. The fraction of sp³-hybridized carbons (Fsp3) is 0.154. The van der Waals surface area contributed by atoms with Gasteiger partial charge in [-0.3, -0.25) is 14.9 Å². The molecule has 6 heteroatoms. The minimum absolute atomic E-state index is 0.210. The Morgan fingerprint density at radius 1 is 1.37 bits per heavy atom. The standard InChI is InChI=1S/C13H10BrNO4/c14-13(9-4-2-1-3-5-9)7-6-10(15(18)19)8-11(13)12(16)17/h1-8,11H,(H,16,17). The monoisotopic (exact) mass is 323 g/mol. The van der Waals surface area contributed by atoms with Gasteiger partial charge in [-0.1, -0.05) is 52.3 Å². The molecule has 2 atom stereocenters. The molecule has 2 unspecified atom stereocenters. The van der Waals surface area contributed by atoms with Crippen LogP contribution in [0, 0.1) is 16.0 Å². The van der Waals surface area contributed by atoms with Gasteiger partial charge in [0, 0.05) is 12.2 Å². The fourth-order valence-corrected chi connectivity index (χ4v) is 2.72. The van der Waals surface area contributed by atoms with Gasteiger partial charge in [-0.25, -0.2) is 0 Å². The summed E-state index contributed by atoms with van der Waals surface area (Å²) in [6, 6.07) is 8.95. The molecule has 0 saturated carbocycles. The van der Waals surface area contributed by atoms with Crippen LogP contribution in [0.15, 0.2) is 54.3 Å². The van der Waals surface area contributed by atoms with Gasteiger partial charge in [-0.2, -0.15) is 0 Å². The van der Waals surface area contributed by atoms with E-state index in [4.69, 9.17) is 0 Å². The van der Waals surface area contributed by atoms with Crippen molar-refractivity contribution in [3.8, 4) is 0 Å². The van der Waals surface area contributed by atoms with Crippen LogP contribution in [-0.4, -0.2) is 16.0 Å². The van der Waals surface area contributed by atoms with Gasteiger partial charge in [0.1, 0.15) is 5.92 Å². The fourth-order valence-electron chi connectivity index (χ4n) is 2.00. The molecule has 19 heavy (non-hydrogen) atoms. The lowest BCUT2D eigenvalue weighted by molar-refractivity contribution is -0.419. The normalized spacial score (nSPS) is 25.7. The van der Waals surface area contributed by atoms with Gasteiger partial charge in [0.15, 0.2) is 0 Å². The molecular weight excluding hydrogens is 314 g/mol. The molecule has 1 aliphatic rings. The number of aliphatic carboxylic acids is 1. The van der Waals surface area contributed by atoms with Crippen LogP contribution in [0.25, 0.3) is 0 Å². The summed E-state index contributed by atoms with van der Waals surface area (Å²) >= 11 is 3.41.